The Labute approximate surface area is 133 Å². The Kier molecular flexibility index (Phi) is 3.22. The molecule has 1 aromatic rings. The number of benzene rings is 1. The zero-order chi connectivity index (χ0) is 15.5. The SMILES string of the molecule is CCc1ccc([C@H]2OCCC34C[C@@H](C[C@H]23)C(C)(C)[C@H]4O)cc1. The maximum absolute atomic E-state index is 11.0. The quantitative estimate of drug-likeness (QED) is 0.890. The second-order valence-electron chi connectivity index (χ2n) is 8.34. The third kappa shape index (κ3) is 1.80. The zero-order valence-corrected chi connectivity index (χ0v) is 14.0. The van der Waals surface area contributed by atoms with E-state index in [9.17, 15) is 5.11 Å². The van der Waals surface area contributed by atoms with Gasteiger partial charge in [0.2, 0.25) is 0 Å². The molecule has 2 bridgehead atoms. The third-order valence-electron chi connectivity index (χ3n) is 7.15. The van der Waals surface area contributed by atoms with E-state index in [1.54, 1.807) is 0 Å². The Morgan fingerprint density at radius 2 is 1.95 bits per heavy atom. The monoisotopic (exact) mass is 300 g/mol. The molecule has 1 N–H and O–H groups in total. The molecule has 0 aromatic heterocycles. The lowest BCUT2D eigenvalue weighted by Crippen LogP contribution is -2.51. The van der Waals surface area contributed by atoms with E-state index in [1.165, 1.54) is 24.0 Å². The van der Waals surface area contributed by atoms with Gasteiger partial charge in [0.05, 0.1) is 12.2 Å². The van der Waals surface area contributed by atoms with E-state index in [0.717, 1.165) is 19.4 Å². The summed E-state index contributed by atoms with van der Waals surface area (Å²) >= 11 is 0. The van der Waals surface area contributed by atoms with Crippen LogP contribution in [0.4, 0.5) is 0 Å². The van der Waals surface area contributed by atoms with Gasteiger partial charge >= 0.3 is 0 Å². The van der Waals surface area contributed by atoms with Crippen LogP contribution in [0, 0.1) is 22.7 Å². The largest absolute Gasteiger partial charge is 0.392 e. The molecule has 4 rings (SSSR count). The first-order valence-corrected chi connectivity index (χ1v) is 8.87. The van der Waals surface area contributed by atoms with Gasteiger partial charge in [-0.3, -0.25) is 0 Å². The second kappa shape index (κ2) is 4.82. The predicted octanol–water partition coefficient (Wildman–Crippen LogP) is 4.12. The molecule has 22 heavy (non-hydrogen) atoms. The van der Waals surface area contributed by atoms with Gasteiger partial charge < -0.3 is 9.84 Å². The fraction of sp³-hybridized carbons (Fsp3) is 0.700. The highest BCUT2D eigenvalue weighted by molar-refractivity contribution is 5.28. The lowest BCUT2D eigenvalue weighted by Gasteiger charge is -2.51. The van der Waals surface area contributed by atoms with Crippen LogP contribution in [0.1, 0.15) is 57.3 Å². The summed E-state index contributed by atoms with van der Waals surface area (Å²) in [7, 11) is 0. The fourth-order valence-corrected chi connectivity index (χ4v) is 5.69. The molecule has 1 aliphatic heterocycles. The van der Waals surface area contributed by atoms with Gasteiger partial charge in [-0.2, -0.15) is 0 Å². The minimum atomic E-state index is -0.176. The van der Waals surface area contributed by atoms with Crippen LogP contribution >= 0.6 is 0 Å². The van der Waals surface area contributed by atoms with Crippen molar-refractivity contribution >= 4 is 0 Å². The maximum Gasteiger partial charge on any atom is 0.0859 e. The van der Waals surface area contributed by atoms with Crippen LogP contribution in [-0.2, 0) is 11.2 Å². The number of rotatable bonds is 2. The Bertz CT molecular complexity index is 562. The van der Waals surface area contributed by atoms with Crippen molar-refractivity contribution in [1.29, 1.82) is 0 Å². The molecule has 1 aromatic carbocycles. The van der Waals surface area contributed by atoms with Crippen molar-refractivity contribution in [2.75, 3.05) is 6.61 Å². The molecular weight excluding hydrogens is 272 g/mol. The molecule has 1 saturated heterocycles. The first kappa shape index (κ1) is 14.7. The van der Waals surface area contributed by atoms with Gasteiger partial charge in [-0.05, 0) is 54.1 Å². The Hall–Kier alpha value is -0.860. The number of aliphatic hydroxyl groups excluding tert-OH is 1. The number of hydrogen-bond donors (Lipinski definition) is 1. The number of ether oxygens (including phenoxy) is 1. The van der Waals surface area contributed by atoms with Crippen molar-refractivity contribution in [1.82, 2.24) is 0 Å². The van der Waals surface area contributed by atoms with Crippen LogP contribution in [0.2, 0.25) is 0 Å². The molecular formula is C20H28O2. The van der Waals surface area contributed by atoms with Crippen LogP contribution in [0.3, 0.4) is 0 Å². The van der Waals surface area contributed by atoms with Crippen molar-refractivity contribution in [3.05, 3.63) is 35.4 Å². The standard InChI is InChI=1S/C20H28O2/c1-4-13-5-7-14(8-6-13)17-16-11-15-12-20(16,9-10-22-17)18(21)19(15,2)3/h5-8,15-18,21H,4,9-12H2,1-3H3/t15-,16-,17-,18-,20?/m1/s1. The first-order chi connectivity index (χ1) is 10.5. The van der Waals surface area contributed by atoms with Gasteiger partial charge in [0.1, 0.15) is 0 Å². The molecule has 3 aliphatic rings. The molecule has 0 amide bonds. The fourth-order valence-electron chi connectivity index (χ4n) is 5.69. The van der Waals surface area contributed by atoms with Crippen molar-refractivity contribution in [2.24, 2.45) is 22.7 Å². The van der Waals surface area contributed by atoms with Crippen molar-refractivity contribution in [2.45, 2.75) is 58.7 Å². The van der Waals surface area contributed by atoms with E-state index < -0.39 is 0 Å². The molecule has 0 radical (unpaired) electrons. The van der Waals surface area contributed by atoms with Crippen LogP contribution < -0.4 is 0 Å². The predicted molar refractivity (Wildman–Crippen MR) is 87.6 cm³/mol. The van der Waals surface area contributed by atoms with Gasteiger partial charge in [0.15, 0.2) is 0 Å². The number of aliphatic hydroxyl groups is 1. The van der Waals surface area contributed by atoms with Gasteiger partial charge in [-0.1, -0.05) is 45.0 Å². The average molecular weight is 300 g/mol. The van der Waals surface area contributed by atoms with E-state index in [-0.39, 0.29) is 23.0 Å². The highest BCUT2D eigenvalue weighted by Gasteiger charge is 2.67. The molecule has 2 aliphatic carbocycles. The molecule has 1 spiro atoms. The highest BCUT2D eigenvalue weighted by Crippen LogP contribution is 2.70. The summed E-state index contributed by atoms with van der Waals surface area (Å²) < 4.78 is 6.20. The normalized spacial score (nSPS) is 42.4. The molecule has 1 heterocycles. The molecule has 2 nitrogen and oxygen atoms in total. The van der Waals surface area contributed by atoms with Gasteiger partial charge in [0, 0.05) is 12.0 Å². The Balaban J connectivity index is 1.67. The number of fused-ring (bicyclic) bond motifs is 1. The van der Waals surface area contributed by atoms with E-state index in [1.807, 2.05) is 0 Å². The number of hydrogen-bond acceptors (Lipinski definition) is 2. The Morgan fingerprint density at radius 3 is 2.59 bits per heavy atom. The molecule has 120 valence electrons. The lowest BCUT2D eigenvalue weighted by atomic mass is 9.60. The Morgan fingerprint density at radius 1 is 1.23 bits per heavy atom. The van der Waals surface area contributed by atoms with Crippen molar-refractivity contribution in [3.63, 3.8) is 0 Å². The molecule has 2 heteroatoms. The third-order valence-corrected chi connectivity index (χ3v) is 7.15. The molecule has 2 saturated carbocycles. The summed E-state index contributed by atoms with van der Waals surface area (Å²) in [4.78, 5) is 0. The highest BCUT2D eigenvalue weighted by atomic mass is 16.5. The summed E-state index contributed by atoms with van der Waals surface area (Å²) in [6.07, 6.45) is 4.51. The summed E-state index contributed by atoms with van der Waals surface area (Å²) in [5.41, 5.74) is 2.85. The van der Waals surface area contributed by atoms with E-state index in [0.29, 0.717) is 11.8 Å². The summed E-state index contributed by atoms with van der Waals surface area (Å²) in [5.74, 6) is 1.13. The second-order valence-corrected chi connectivity index (χ2v) is 8.34. The van der Waals surface area contributed by atoms with E-state index in [2.05, 4.69) is 45.0 Å². The van der Waals surface area contributed by atoms with E-state index in [4.69, 9.17) is 4.74 Å². The zero-order valence-electron chi connectivity index (χ0n) is 14.0. The maximum atomic E-state index is 11.0. The van der Waals surface area contributed by atoms with E-state index >= 15 is 0 Å². The lowest BCUT2D eigenvalue weighted by molar-refractivity contribution is -0.164. The van der Waals surface area contributed by atoms with Crippen LogP contribution in [-0.4, -0.2) is 17.8 Å². The smallest absolute Gasteiger partial charge is 0.0859 e. The minimum absolute atomic E-state index is 0.0739. The molecule has 1 unspecified atom stereocenters. The van der Waals surface area contributed by atoms with Crippen molar-refractivity contribution in [3.8, 4) is 0 Å². The van der Waals surface area contributed by atoms with Gasteiger partial charge in [-0.25, -0.2) is 0 Å². The van der Waals surface area contributed by atoms with Crippen LogP contribution in [0.15, 0.2) is 24.3 Å². The number of aryl methyl sites for hydroxylation is 1. The summed E-state index contributed by atoms with van der Waals surface area (Å²) in [6.45, 7) is 7.49. The van der Waals surface area contributed by atoms with Crippen LogP contribution in [0.5, 0.6) is 0 Å². The topological polar surface area (TPSA) is 29.5 Å². The minimum Gasteiger partial charge on any atom is -0.392 e. The summed E-state index contributed by atoms with van der Waals surface area (Å²) in [5, 5.41) is 11.0. The van der Waals surface area contributed by atoms with Crippen LogP contribution in [0.25, 0.3) is 0 Å². The first-order valence-electron chi connectivity index (χ1n) is 8.87. The average Bonchev–Trinajstić information content (AvgIpc) is 3.02. The molecule has 5 atom stereocenters. The van der Waals surface area contributed by atoms with Crippen molar-refractivity contribution < 1.29 is 9.84 Å². The van der Waals surface area contributed by atoms with Gasteiger partial charge in [-0.15, -0.1) is 0 Å². The molecule has 3 fully saturated rings. The summed E-state index contributed by atoms with van der Waals surface area (Å²) in [6, 6.07) is 8.94. The van der Waals surface area contributed by atoms with Gasteiger partial charge in [0.25, 0.3) is 0 Å².